The fraction of sp³-hybridized carbons (Fsp3) is 0.538. The first-order valence-electron chi connectivity index (χ1n) is 11.8. The summed E-state index contributed by atoms with van der Waals surface area (Å²) in [5.74, 6) is 0.177. The minimum Gasteiger partial charge on any atom is -0.490 e. The smallest absolute Gasteiger partial charge is 0.148 e. The number of piperidine rings is 1. The molecule has 2 aromatic rings. The van der Waals surface area contributed by atoms with Gasteiger partial charge in [-0.2, -0.15) is 0 Å². The van der Waals surface area contributed by atoms with Gasteiger partial charge in [0.15, 0.2) is 0 Å². The SMILES string of the molecule is CCCN(C)C(CN1CCC(Oc2ccc(F)cc2)CC1)C1(c2ccccc2F)COCO1. The Kier molecular flexibility index (Phi) is 7.96. The second kappa shape index (κ2) is 10.9. The maximum Gasteiger partial charge on any atom is 0.148 e. The maximum atomic E-state index is 15.0. The van der Waals surface area contributed by atoms with Gasteiger partial charge in [0.2, 0.25) is 0 Å². The Labute approximate surface area is 195 Å². The maximum absolute atomic E-state index is 15.0. The number of hydrogen-bond acceptors (Lipinski definition) is 5. The predicted octanol–water partition coefficient (Wildman–Crippen LogP) is 4.42. The molecule has 0 radical (unpaired) electrons. The van der Waals surface area contributed by atoms with E-state index in [0.717, 1.165) is 45.4 Å². The summed E-state index contributed by atoms with van der Waals surface area (Å²) in [4.78, 5) is 4.69. The van der Waals surface area contributed by atoms with Gasteiger partial charge in [0, 0.05) is 25.2 Å². The molecule has 4 rings (SSSR count). The Hall–Kier alpha value is -2.06. The molecule has 2 unspecified atom stereocenters. The van der Waals surface area contributed by atoms with Crippen molar-refractivity contribution in [3.8, 4) is 5.75 Å². The van der Waals surface area contributed by atoms with Gasteiger partial charge < -0.3 is 19.1 Å². The molecule has 0 aliphatic carbocycles. The van der Waals surface area contributed by atoms with Crippen LogP contribution in [0.1, 0.15) is 31.7 Å². The molecule has 5 nitrogen and oxygen atoms in total. The van der Waals surface area contributed by atoms with Crippen LogP contribution in [0.4, 0.5) is 8.78 Å². The van der Waals surface area contributed by atoms with Crippen molar-refractivity contribution in [2.75, 3.05) is 46.6 Å². The lowest BCUT2D eigenvalue weighted by Crippen LogP contribution is -2.57. The molecule has 2 saturated heterocycles. The topological polar surface area (TPSA) is 34.2 Å². The van der Waals surface area contributed by atoms with Gasteiger partial charge in [-0.3, -0.25) is 4.90 Å². The van der Waals surface area contributed by atoms with Crippen LogP contribution in [-0.4, -0.2) is 68.6 Å². The number of halogens is 2. The van der Waals surface area contributed by atoms with Crippen LogP contribution in [-0.2, 0) is 15.1 Å². The summed E-state index contributed by atoms with van der Waals surface area (Å²) in [7, 11) is 2.09. The van der Waals surface area contributed by atoms with Crippen molar-refractivity contribution in [1.29, 1.82) is 0 Å². The molecule has 2 fully saturated rings. The summed E-state index contributed by atoms with van der Waals surface area (Å²) < 4.78 is 46.0. The van der Waals surface area contributed by atoms with Crippen molar-refractivity contribution in [2.24, 2.45) is 0 Å². The van der Waals surface area contributed by atoms with E-state index in [0.29, 0.717) is 17.9 Å². The highest BCUT2D eigenvalue weighted by Gasteiger charge is 2.49. The first-order valence-corrected chi connectivity index (χ1v) is 11.8. The van der Waals surface area contributed by atoms with Crippen molar-refractivity contribution in [3.63, 3.8) is 0 Å². The van der Waals surface area contributed by atoms with E-state index in [2.05, 4.69) is 23.8 Å². The fourth-order valence-corrected chi connectivity index (χ4v) is 5.02. The van der Waals surface area contributed by atoms with Crippen LogP contribution in [0, 0.1) is 11.6 Å². The number of ether oxygens (including phenoxy) is 3. The molecule has 7 heteroatoms. The van der Waals surface area contributed by atoms with Crippen molar-refractivity contribution >= 4 is 0 Å². The van der Waals surface area contributed by atoms with Gasteiger partial charge in [-0.05, 0) is 63.2 Å². The zero-order valence-corrected chi connectivity index (χ0v) is 19.5. The third-order valence-corrected chi connectivity index (χ3v) is 6.77. The molecule has 2 atom stereocenters. The summed E-state index contributed by atoms with van der Waals surface area (Å²) in [5, 5.41) is 0. The van der Waals surface area contributed by atoms with Crippen molar-refractivity contribution in [3.05, 3.63) is 65.7 Å². The van der Waals surface area contributed by atoms with Gasteiger partial charge in [0.25, 0.3) is 0 Å². The molecule has 0 aromatic heterocycles. The third-order valence-electron chi connectivity index (χ3n) is 6.77. The van der Waals surface area contributed by atoms with Crippen LogP contribution in [0.25, 0.3) is 0 Å². The number of likely N-dealkylation sites (tertiary alicyclic amines) is 1. The lowest BCUT2D eigenvalue weighted by atomic mass is 9.84. The van der Waals surface area contributed by atoms with Gasteiger partial charge in [0.1, 0.15) is 35.9 Å². The van der Waals surface area contributed by atoms with Crippen LogP contribution in [0.5, 0.6) is 5.75 Å². The van der Waals surface area contributed by atoms with Gasteiger partial charge >= 0.3 is 0 Å². The zero-order valence-electron chi connectivity index (χ0n) is 19.5. The number of benzene rings is 2. The predicted molar refractivity (Wildman–Crippen MR) is 123 cm³/mol. The average Bonchev–Trinajstić information content (AvgIpc) is 3.31. The molecular formula is C26H34F2N2O3. The molecule has 180 valence electrons. The third kappa shape index (κ3) is 5.54. The molecule has 33 heavy (non-hydrogen) atoms. The lowest BCUT2D eigenvalue weighted by molar-refractivity contribution is -0.0776. The minimum absolute atomic E-state index is 0.0635. The summed E-state index contributed by atoms with van der Waals surface area (Å²) in [6, 6.07) is 13.0. The van der Waals surface area contributed by atoms with E-state index in [1.165, 1.54) is 18.2 Å². The quantitative estimate of drug-likeness (QED) is 0.554. The molecular weight excluding hydrogens is 426 g/mol. The zero-order chi connectivity index (χ0) is 23.3. The summed E-state index contributed by atoms with van der Waals surface area (Å²) >= 11 is 0. The summed E-state index contributed by atoms with van der Waals surface area (Å²) in [6.07, 6.45) is 2.86. The monoisotopic (exact) mass is 460 g/mol. The Morgan fingerprint density at radius 3 is 2.48 bits per heavy atom. The largest absolute Gasteiger partial charge is 0.490 e. The molecule has 0 saturated carbocycles. The average molecular weight is 461 g/mol. The first kappa shape index (κ1) is 24.1. The highest BCUT2D eigenvalue weighted by molar-refractivity contribution is 5.28. The van der Waals surface area contributed by atoms with E-state index in [-0.39, 0.29) is 30.6 Å². The molecule has 2 aliphatic rings. The van der Waals surface area contributed by atoms with E-state index in [4.69, 9.17) is 14.2 Å². The fourth-order valence-electron chi connectivity index (χ4n) is 5.02. The number of likely N-dealkylation sites (N-methyl/N-ethyl adjacent to an activating group) is 1. The summed E-state index contributed by atoms with van der Waals surface area (Å²) in [6.45, 7) is 6.02. The van der Waals surface area contributed by atoms with Crippen molar-refractivity contribution in [2.45, 2.75) is 43.9 Å². The lowest BCUT2D eigenvalue weighted by Gasteiger charge is -2.44. The molecule has 0 bridgehead atoms. The Bertz CT molecular complexity index is 881. The number of hydrogen-bond donors (Lipinski definition) is 0. The highest BCUT2D eigenvalue weighted by atomic mass is 19.1. The second-order valence-corrected chi connectivity index (χ2v) is 9.05. The van der Waals surface area contributed by atoms with Gasteiger partial charge in [-0.25, -0.2) is 8.78 Å². The van der Waals surface area contributed by atoms with E-state index < -0.39 is 5.60 Å². The van der Waals surface area contributed by atoms with Crippen molar-refractivity contribution in [1.82, 2.24) is 9.80 Å². The first-order chi connectivity index (χ1) is 16.0. The molecule has 2 aromatic carbocycles. The van der Waals surface area contributed by atoms with Crippen molar-refractivity contribution < 1.29 is 23.0 Å². The Morgan fingerprint density at radius 1 is 1.12 bits per heavy atom. The molecule has 0 spiro atoms. The van der Waals surface area contributed by atoms with Crippen LogP contribution >= 0.6 is 0 Å². The van der Waals surface area contributed by atoms with E-state index in [1.807, 2.05) is 12.1 Å². The van der Waals surface area contributed by atoms with E-state index >= 15 is 0 Å². The van der Waals surface area contributed by atoms with Crippen LogP contribution in [0.3, 0.4) is 0 Å². The van der Waals surface area contributed by atoms with E-state index in [1.54, 1.807) is 18.2 Å². The Balaban J connectivity index is 1.47. The standard InChI is InChI=1S/C26H34F2N2O3/c1-3-14-29(2)25(26(18-31-19-32-26)23-6-4-5-7-24(23)28)17-30-15-12-22(13-16-30)33-21-10-8-20(27)9-11-21/h4-11,22,25H,3,12-19H2,1-2H3. The van der Waals surface area contributed by atoms with Gasteiger partial charge in [-0.1, -0.05) is 25.1 Å². The van der Waals surface area contributed by atoms with Crippen LogP contribution in [0.2, 0.25) is 0 Å². The second-order valence-electron chi connectivity index (χ2n) is 9.05. The molecule has 2 aliphatic heterocycles. The van der Waals surface area contributed by atoms with Crippen LogP contribution in [0.15, 0.2) is 48.5 Å². The van der Waals surface area contributed by atoms with E-state index in [9.17, 15) is 8.78 Å². The number of rotatable bonds is 9. The van der Waals surface area contributed by atoms with Crippen LogP contribution < -0.4 is 4.74 Å². The highest BCUT2D eigenvalue weighted by Crippen LogP contribution is 2.38. The number of nitrogens with zero attached hydrogens (tertiary/aromatic N) is 2. The molecule has 0 amide bonds. The molecule has 0 N–H and O–H groups in total. The van der Waals surface area contributed by atoms with Gasteiger partial charge in [0.05, 0.1) is 12.6 Å². The molecule has 2 heterocycles. The normalized spacial score (nSPS) is 23.2. The minimum atomic E-state index is -0.850. The summed E-state index contributed by atoms with van der Waals surface area (Å²) in [5.41, 5.74) is -0.290. The Morgan fingerprint density at radius 2 is 1.85 bits per heavy atom. The van der Waals surface area contributed by atoms with Gasteiger partial charge in [-0.15, -0.1) is 0 Å².